The molecule has 0 radical (unpaired) electrons. The van der Waals surface area contributed by atoms with Gasteiger partial charge in [0.2, 0.25) is 0 Å². The maximum Gasteiger partial charge on any atom is 0.110 e. The maximum absolute atomic E-state index is 5.62. The van der Waals surface area contributed by atoms with Gasteiger partial charge in [-0.15, -0.1) is 0 Å². The molecule has 4 nitrogen and oxygen atoms in total. The molecule has 4 heteroatoms. The highest BCUT2D eigenvalue weighted by Crippen LogP contribution is 2.09. The van der Waals surface area contributed by atoms with Crippen molar-refractivity contribution >= 4 is 5.71 Å². The third kappa shape index (κ3) is 1.59. The minimum atomic E-state index is 0.235. The van der Waals surface area contributed by atoms with Gasteiger partial charge in [-0.25, -0.2) is 0 Å². The lowest BCUT2D eigenvalue weighted by atomic mass is 10.1. The normalized spacial score (nSPS) is 31.4. The van der Waals surface area contributed by atoms with Crippen LogP contribution in [-0.4, -0.2) is 50.0 Å². The fourth-order valence-electron chi connectivity index (χ4n) is 1.61. The first-order valence-electron chi connectivity index (χ1n) is 4.46. The summed E-state index contributed by atoms with van der Waals surface area (Å²) >= 11 is 0. The molecule has 68 valence electrons. The lowest BCUT2D eigenvalue weighted by Gasteiger charge is -2.29. The van der Waals surface area contributed by atoms with Crippen LogP contribution in [0.2, 0.25) is 0 Å². The van der Waals surface area contributed by atoms with Crippen LogP contribution in [0.4, 0.5) is 0 Å². The second-order valence-electron chi connectivity index (χ2n) is 3.38. The predicted molar refractivity (Wildman–Crippen MR) is 47.3 cm³/mol. The lowest BCUT2D eigenvalue weighted by Crippen LogP contribution is -2.43. The van der Waals surface area contributed by atoms with Crippen LogP contribution in [0.3, 0.4) is 0 Å². The topological polar surface area (TPSA) is 36.9 Å². The van der Waals surface area contributed by atoms with Crippen LogP contribution in [-0.2, 0) is 4.74 Å². The zero-order valence-corrected chi connectivity index (χ0v) is 7.42. The number of hydrogen-bond donors (Lipinski definition) is 1. The molecule has 2 aliphatic rings. The molecule has 0 aromatic rings. The average molecular weight is 169 g/mol. The molecule has 2 aliphatic heterocycles. The molecule has 0 bridgehead atoms. The molecule has 1 N–H and O–H groups in total. The molecule has 0 spiro atoms. The van der Waals surface area contributed by atoms with E-state index < -0.39 is 0 Å². The van der Waals surface area contributed by atoms with Gasteiger partial charge < -0.3 is 15.1 Å². The second kappa shape index (κ2) is 3.41. The van der Waals surface area contributed by atoms with Gasteiger partial charge in [0, 0.05) is 26.1 Å². The summed E-state index contributed by atoms with van der Waals surface area (Å²) in [4.78, 5) is 2.29. The molecule has 1 fully saturated rings. The molecule has 1 unspecified atom stereocenters. The number of ether oxygens (including phenoxy) is 1. The van der Waals surface area contributed by atoms with Gasteiger partial charge >= 0.3 is 0 Å². The van der Waals surface area contributed by atoms with E-state index in [4.69, 9.17) is 4.74 Å². The maximum atomic E-state index is 5.62. The number of nitrogens with one attached hydrogen (secondary N) is 1. The zero-order chi connectivity index (χ0) is 8.39. The Kier molecular flexibility index (Phi) is 2.28. The van der Waals surface area contributed by atoms with Gasteiger partial charge in [0.1, 0.15) is 6.10 Å². The third-order valence-electron chi connectivity index (χ3n) is 2.36. The molecule has 12 heavy (non-hydrogen) atoms. The molecule has 2 heterocycles. The highest BCUT2D eigenvalue weighted by molar-refractivity contribution is 5.90. The van der Waals surface area contributed by atoms with Gasteiger partial charge in [0.15, 0.2) is 0 Å². The van der Waals surface area contributed by atoms with Gasteiger partial charge in [-0.3, -0.25) is 0 Å². The minimum Gasteiger partial charge on any atom is -0.370 e. The van der Waals surface area contributed by atoms with Crippen LogP contribution in [0.15, 0.2) is 5.10 Å². The minimum absolute atomic E-state index is 0.235. The SMILES string of the molecule is CN1CCOC(C2=NNCC2)C1. The van der Waals surface area contributed by atoms with E-state index in [1.165, 1.54) is 5.71 Å². The van der Waals surface area contributed by atoms with Crippen LogP contribution < -0.4 is 5.43 Å². The van der Waals surface area contributed by atoms with Gasteiger partial charge in [-0.05, 0) is 7.05 Å². The fraction of sp³-hybridized carbons (Fsp3) is 0.875. The molecule has 0 amide bonds. The van der Waals surface area contributed by atoms with E-state index in [9.17, 15) is 0 Å². The molecule has 0 saturated carbocycles. The van der Waals surface area contributed by atoms with Crippen molar-refractivity contribution in [3.8, 4) is 0 Å². The fourth-order valence-corrected chi connectivity index (χ4v) is 1.61. The molecule has 0 aromatic heterocycles. The highest BCUT2D eigenvalue weighted by atomic mass is 16.5. The summed E-state index contributed by atoms with van der Waals surface area (Å²) in [5, 5.41) is 4.21. The third-order valence-corrected chi connectivity index (χ3v) is 2.36. The van der Waals surface area contributed by atoms with Crippen LogP contribution >= 0.6 is 0 Å². The quantitative estimate of drug-likeness (QED) is 0.584. The Morgan fingerprint density at radius 3 is 3.25 bits per heavy atom. The van der Waals surface area contributed by atoms with Crippen molar-refractivity contribution in [1.29, 1.82) is 0 Å². The number of hydrogen-bond acceptors (Lipinski definition) is 4. The van der Waals surface area contributed by atoms with E-state index in [2.05, 4.69) is 22.5 Å². The van der Waals surface area contributed by atoms with E-state index in [1.54, 1.807) is 0 Å². The summed E-state index contributed by atoms with van der Waals surface area (Å²) < 4.78 is 5.62. The van der Waals surface area contributed by atoms with E-state index in [0.717, 1.165) is 32.7 Å². The Hall–Kier alpha value is -0.610. The average Bonchev–Trinajstić information content (AvgIpc) is 2.56. The zero-order valence-electron chi connectivity index (χ0n) is 7.42. The van der Waals surface area contributed by atoms with Crippen molar-refractivity contribution in [3.05, 3.63) is 0 Å². The molecule has 1 atom stereocenters. The van der Waals surface area contributed by atoms with Crippen molar-refractivity contribution in [3.63, 3.8) is 0 Å². The number of hydrazone groups is 1. The number of morpholine rings is 1. The Bertz CT molecular complexity index is 193. The summed E-state index contributed by atoms with van der Waals surface area (Å²) in [6.07, 6.45) is 1.28. The molecular weight excluding hydrogens is 154 g/mol. The Morgan fingerprint density at radius 2 is 2.58 bits per heavy atom. The van der Waals surface area contributed by atoms with Crippen molar-refractivity contribution < 1.29 is 4.74 Å². The van der Waals surface area contributed by atoms with E-state index in [0.29, 0.717) is 0 Å². The van der Waals surface area contributed by atoms with Crippen molar-refractivity contribution in [2.75, 3.05) is 33.3 Å². The molecule has 1 saturated heterocycles. The van der Waals surface area contributed by atoms with Gasteiger partial charge in [-0.1, -0.05) is 0 Å². The Morgan fingerprint density at radius 1 is 1.67 bits per heavy atom. The molecular formula is C8H15N3O. The Labute approximate surface area is 72.6 Å². The van der Waals surface area contributed by atoms with Gasteiger partial charge in [0.25, 0.3) is 0 Å². The smallest absolute Gasteiger partial charge is 0.110 e. The first-order chi connectivity index (χ1) is 5.86. The van der Waals surface area contributed by atoms with Crippen LogP contribution in [0.25, 0.3) is 0 Å². The van der Waals surface area contributed by atoms with Crippen molar-refractivity contribution in [2.45, 2.75) is 12.5 Å². The van der Waals surface area contributed by atoms with Crippen molar-refractivity contribution in [1.82, 2.24) is 10.3 Å². The van der Waals surface area contributed by atoms with Crippen molar-refractivity contribution in [2.24, 2.45) is 5.10 Å². The number of rotatable bonds is 1. The largest absolute Gasteiger partial charge is 0.370 e. The monoisotopic (exact) mass is 169 g/mol. The summed E-state index contributed by atoms with van der Waals surface area (Å²) in [5.41, 5.74) is 4.16. The number of likely N-dealkylation sites (N-methyl/N-ethyl adjacent to an activating group) is 1. The van der Waals surface area contributed by atoms with E-state index in [1.807, 2.05) is 0 Å². The van der Waals surface area contributed by atoms with Crippen LogP contribution in [0, 0.1) is 0 Å². The van der Waals surface area contributed by atoms with E-state index >= 15 is 0 Å². The summed E-state index contributed by atoms with van der Waals surface area (Å²) in [6, 6.07) is 0. The standard InChI is InChI=1S/C8H15N3O/c1-11-4-5-12-8(6-11)7-2-3-9-10-7/h8-9H,2-6H2,1H3. The summed E-state index contributed by atoms with van der Waals surface area (Å²) in [6.45, 7) is 3.83. The van der Waals surface area contributed by atoms with E-state index in [-0.39, 0.29) is 6.10 Å². The first-order valence-corrected chi connectivity index (χ1v) is 4.46. The van der Waals surface area contributed by atoms with Crippen LogP contribution in [0.5, 0.6) is 0 Å². The summed E-state index contributed by atoms with van der Waals surface area (Å²) in [5.74, 6) is 0. The first kappa shape index (κ1) is 8.01. The second-order valence-corrected chi connectivity index (χ2v) is 3.38. The lowest BCUT2D eigenvalue weighted by molar-refractivity contribution is 0.0167. The highest BCUT2D eigenvalue weighted by Gasteiger charge is 2.24. The number of nitrogens with zero attached hydrogens (tertiary/aromatic N) is 2. The predicted octanol–water partition coefficient (Wildman–Crippen LogP) is -0.334. The van der Waals surface area contributed by atoms with Gasteiger partial charge in [-0.2, -0.15) is 5.10 Å². The molecule has 0 aromatic carbocycles. The van der Waals surface area contributed by atoms with Gasteiger partial charge in [0.05, 0.1) is 12.3 Å². The van der Waals surface area contributed by atoms with Crippen LogP contribution in [0.1, 0.15) is 6.42 Å². The molecule has 0 aliphatic carbocycles. The molecule has 2 rings (SSSR count). The Balaban J connectivity index is 1.94. The summed E-state index contributed by atoms with van der Waals surface area (Å²) in [7, 11) is 2.12.